The summed E-state index contributed by atoms with van der Waals surface area (Å²) in [6, 6.07) is 0. The first-order valence-corrected chi connectivity index (χ1v) is 4.86. The molecule has 0 amide bonds. The molecule has 0 aliphatic rings. The van der Waals surface area contributed by atoms with Crippen molar-refractivity contribution in [3.05, 3.63) is 0 Å². The van der Waals surface area contributed by atoms with E-state index in [1.54, 1.807) is 0 Å². The third kappa shape index (κ3) is 24.6. The molecule has 80 valence electrons. The van der Waals surface area contributed by atoms with Crippen LogP contribution in [0.2, 0.25) is 0 Å². The number of carboxylic acid groups (broad SMARTS) is 1. The van der Waals surface area contributed by atoms with Crippen LogP contribution in [-0.4, -0.2) is 43.7 Å². The van der Waals surface area contributed by atoms with Crippen molar-refractivity contribution in [1.82, 2.24) is 0 Å². The Hall–Kier alpha value is -0.570. The molecule has 13 heavy (non-hydrogen) atoms. The highest BCUT2D eigenvalue weighted by atomic mass is 16.3. The molecule has 0 aromatic heterocycles. The molecule has 0 saturated heterocycles. The van der Waals surface area contributed by atoms with E-state index in [0.717, 1.165) is 4.48 Å². The van der Waals surface area contributed by atoms with Gasteiger partial charge in [-0.15, -0.1) is 0 Å². The predicted octanol–water partition coefficient (Wildman–Crippen LogP) is 1.97. The summed E-state index contributed by atoms with van der Waals surface area (Å²) in [5.41, 5.74) is 0. The SMILES string of the molecule is CCCCCC[N+](C)(C)C.O=CO. The number of unbranched alkanes of at least 4 members (excludes halogenated alkanes) is 3. The standard InChI is InChI=1S/C9H22N.CH2O2/c1-5-6-7-8-9-10(2,3)4;2-1-3/h5-9H2,1-4H3;1H,(H,2,3)/q+1;. The maximum absolute atomic E-state index is 8.36. The summed E-state index contributed by atoms with van der Waals surface area (Å²) in [6.07, 6.45) is 5.54. The van der Waals surface area contributed by atoms with E-state index in [1.807, 2.05) is 0 Å². The van der Waals surface area contributed by atoms with E-state index in [0.29, 0.717) is 0 Å². The van der Waals surface area contributed by atoms with E-state index in [9.17, 15) is 0 Å². The van der Waals surface area contributed by atoms with Crippen LogP contribution in [0, 0.1) is 0 Å². The first-order chi connectivity index (χ1) is 5.97. The van der Waals surface area contributed by atoms with Crippen molar-refractivity contribution in [2.45, 2.75) is 32.6 Å². The smallest absolute Gasteiger partial charge is 0.290 e. The molecule has 0 unspecified atom stereocenters. The van der Waals surface area contributed by atoms with Crippen LogP contribution in [0.15, 0.2) is 0 Å². The van der Waals surface area contributed by atoms with Gasteiger partial charge in [-0.1, -0.05) is 19.8 Å². The van der Waals surface area contributed by atoms with Crippen molar-refractivity contribution in [1.29, 1.82) is 0 Å². The van der Waals surface area contributed by atoms with Crippen molar-refractivity contribution in [2.75, 3.05) is 27.7 Å². The zero-order chi connectivity index (χ0) is 10.7. The molecule has 0 aromatic carbocycles. The molecule has 0 heterocycles. The molecule has 1 N–H and O–H groups in total. The van der Waals surface area contributed by atoms with E-state index < -0.39 is 0 Å². The predicted molar refractivity (Wildman–Crippen MR) is 55.7 cm³/mol. The number of quaternary nitrogens is 1. The van der Waals surface area contributed by atoms with Gasteiger partial charge < -0.3 is 9.59 Å². The van der Waals surface area contributed by atoms with Crippen molar-refractivity contribution in [3.63, 3.8) is 0 Å². The second-order valence-corrected chi connectivity index (χ2v) is 4.18. The normalized spacial score (nSPS) is 10.2. The average molecular weight is 190 g/mol. The lowest BCUT2D eigenvalue weighted by atomic mass is 10.2. The number of hydrogen-bond acceptors (Lipinski definition) is 1. The number of rotatable bonds is 5. The molecule has 0 aliphatic carbocycles. The zero-order valence-electron chi connectivity index (χ0n) is 9.42. The van der Waals surface area contributed by atoms with Crippen LogP contribution in [0.3, 0.4) is 0 Å². The van der Waals surface area contributed by atoms with E-state index in [4.69, 9.17) is 9.90 Å². The molecule has 0 atom stereocenters. The summed E-state index contributed by atoms with van der Waals surface area (Å²) in [6.45, 7) is 3.33. The Kier molecular flexibility index (Phi) is 10.9. The van der Waals surface area contributed by atoms with Crippen LogP contribution in [-0.2, 0) is 4.79 Å². The van der Waals surface area contributed by atoms with Gasteiger partial charge in [0, 0.05) is 0 Å². The van der Waals surface area contributed by atoms with E-state index in [-0.39, 0.29) is 6.47 Å². The first kappa shape index (κ1) is 14.9. The maximum Gasteiger partial charge on any atom is 0.290 e. The Labute approximate surface area is 82.0 Å². The average Bonchev–Trinajstić information content (AvgIpc) is 1.98. The van der Waals surface area contributed by atoms with Gasteiger partial charge in [0.25, 0.3) is 6.47 Å². The molecule has 0 rings (SSSR count). The lowest BCUT2D eigenvalue weighted by molar-refractivity contribution is -0.870. The molecule has 0 radical (unpaired) electrons. The number of hydrogen-bond donors (Lipinski definition) is 1. The van der Waals surface area contributed by atoms with Gasteiger partial charge in [0.15, 0.2) is 0 Å². The van der Waals surface area contributed by atoms with Crippen LogP contribution in [0.5, 0.6) is 0 Å². The van der Waals surface area contributed by atoms with Gasteiger partial charge in [0.2, 0.25) is 0 Å². The fourth-order valence-electron chi connectivity index (χ4n) is 1.01. The lowest BCUT2D eigenvalue weighted by Crippen LogP contribution is -2.35. The minimum atomic E-state index is -0.250. The van der Waals surface area contributed by atoms with Crippen LogP contribution < -0.4 is 0 Å². The van der Waals surface area contributed by atoms with Gasteiger partial charge in [-0.2, -0.15) is 0 Å². The summed E-state index contributed by atoms with van der Waals surface area (Å²) in [5, 5.41) is 6.89. The summed E-state index contributed by atoms with van der Waals surface area (Å²) >= 11 is 0. The Balaban J connectivity index is 0. The van der Waals surface area contributed by atoms with Gasteiger partial charge >= 0.3 is 0 Å². The van der Waals surface area contributed by atoms with Crippen molar-refractivity contribution < 1.29 is 14.4 Å². The summed E-state index contributed by atoms with van der Waals surface area (Å²) < 4.78 is 1.11. The molecule has 0 aromatic rings. The summed E-state index contributed by atoms with van der Waals surface area (Å²) in [7, 11) is 6.77. The van der Waals surface area contributed by atoms with Gasteiger partial charge in [-0.3, -0.25) is 4.79 Å². The molecule has 0 fully saturated rings. The second kappa shape index (κ2) is 9.52. The summed E-state index contributed by atoms with van der Waals surface area (Å²) in [5.74, 6) is 0. The van der Waals surface area contributed by atoms with Gasteiger partial charge in [-0.05, 0) is 12.8 Å². The molecule has 3 nitrogen and oxygen atoms in total. The van der Waals surface area contributed by atoms with Crippen molar-refractivity contribution in [2.24, 2.45) is 0 Å². The quantitative estimate of drug-likeness (QED) is 0.409. The number of carbonyl (C=O) groups is 1. The maximum atomic E-state index is 8.36. The van der Waals surface area contributed by atoms with E-state index in [1.165, 1.54) is 32.2 Å². The topological polar surface area (TPSA) is 37.3 Å². The highest BCUT2D eigenvalue weighted by Gasteiger charge is 2.04. The van der Waals surface area contributed by atoms with Crippen LogP contribution in [0.25, 0.3) is 0 Å². The monoisotopic (exact) mass is 190 g/mol. The molecule has 0 bridgehead atoms. The Bertz CT molecular complexity index is 108. The first-order valence-electron chi connectivity index (χ1n) is 4.86. The Morgan fingerprint density at radius 2 is 1.62 bits per heavy atom. The number of nitrogens with zero attached hydrogens (tertiary/aromatic N) is 1. The molecule has 3 heteroatoms. The van der Waals surface area contributed by atoms with E-state index in [2.05, 4.69) is 28.1 Å². The Morgan fingerprint density at radius 3 is 1.92 bits per heavy atom. The lowest BCUT2D eigenvalue weighted by Gasteiger charge is -2.23. The minimum Gasteiger partial charge on any atom is -0.483 e. The van der Waals surface area contributed by atoms with Crippen molar-refractivity contribution in [3.8, 4) is 0 Å². The van der Waals surface area contributed by atoms with Crippen LogP contribution >= 0.6 is 0 Å². The molecule has 0 aliphatic heterocycles. The molecular weight excluding hydrogens is 166 g/mol. The second-order valence-electron chi connectivity index (χ2n) is 4.18. The largest absolute Gasteiger partial charge is 0.483 e. The fraction of sp³-hybridized carbons (Fsp3) is 0.900. The molecule has 0 saturated carbocycles. The highest BCUT2D eigenvalue weighted by molar-refractivity contribution is 5.32. The third-order valence-corrected chi connectivity index (χ3v) is 1.68. The van der Waals surface area contributed by atoms with Crippen molar-refractivity contribution >= 4 is 6.47 Å². The van der Waals surface area contributed by atoms with Crippen LogP contribution in [0.1, 0.15) is 32.6 Å². The summed E-state index contributed by atoms with van der Waals surface area (Å²) in [4.78, 5) is 8.36. The van der Waals surface area contributed by atoms with Gasteiger partial charge in [-0.25, -0.2) is 0 Å². The molecular formula is C10H24NO2+. The zero-order valence-corrected chi connectivity index (χ0v) is 9.42. The van der Waals surface area contributed by atoms with Crippen LogP contribution in [0.4, 0.5) is 0 Å². The highest BCUT2D eigenvalue weighted by Crippen LogP contribution is 2.01. The third-order valence-electron chi connectivity index (χ3n) is 1.68. The fourth-order valence-corrected chi connectivity index (χ4v) is 1.01. The molecule has 0 spiro atoms. The van der Waals surface area contributed by atoms with Gasteiger partial charge in [0.1, 0.15) is 0 Å². The Morgan fingerprint density at radius 1 is 1.15 bits per heavy atom. The van der Waals surface area contributed by atoms with Gasteiger partial charge in [0.05, 0.1) is 27.7 Å². The minimum absolute atomic E-state index is 0.250. The van der Waals surface area contributed by atoms with E-state index >= 15 is 0 Å².